The summed E-state index contributed by atoms with van der Waals surface area (Å²) in [6.45, 7) is 4.92. The molecule has 1 fully saturated rings. The molecule has 2 nitrogen and oxygen atoms in total. The van der Waals surface area contributed by atoms with Gasteiger partial charge in [0.1, 0.15) is 0 Å². The third-order valence-corrected chi connectivity index (χ3v) is 2.96. The van der Waals surface area contributed by atoms with Gasteiger partial charge in [0.15, 0.2) is 0 Å². The van der Waals surface area contributed by atoms with Crippen LogP contribution in [0.4, 0.5) is 0 Å². The first-order chi connectivity index (χ1) is 6.33. The van der Waals surface area contributed by atoms with Crippen LogP contribution in [0.25, 0.3) is 0 Å². The lowest BCUT2D eigenvalue weighted by Crippen LogP contribution is -2.50. The Hall–Kier alpha value is -0.340. The lowest BCUT2D eigenvalue weighted by Gasteiger charge is -2.36. The summed E-state index contributed by atoms with van der Waals surface area (Å²) < 4.78 is 0. The Morgan fingerprint density at radius 2 is 2.00 bits per heavy atom. The van der Waals surface area contributed by atoms with Gasteiger partial charge in [0.25, 0.3) is 0 Å². The van der Waals surface area contributed by atoms with Crippen molar-refractivity contribution in [3.8, 4) is 0 Å². The van der Waals surface area contributed by atoms with Crippen LogP contribution in [0.3, 0.4) is 0 Å². The first-order valence-corrected chi connectivity index (χ1v) is 5.30. The van der Waals surface area contributed by atoms with Crippen molar-refractivity contribution in [3.63, 3.8) is 0 Å². The topological polar surface area (TPSA) is 32.3 Å². The van der Waals surface area contributed by atoms with Gasteiger partial charge in [-0.2, -0.15) is 0 Å². The van der Waals surface area contributed by atoms with Crippen LogP contribution < -0.4 is 5.32 Å². The second-order valence-corrected chi connectivity index (χ2v) is 4.00. The van der Waals surface area contributed by atoms with Crippen molar-refractivity contribution in [1.29, 1.82) is 0 Å². The van der Waals surface area contributed by atoms with Gasteiger partial charge in [0.05, 0.1) is 6.61 Å². The molecule has 1 rings (SSSR count). The normalized spacial score (nSPS) is 21.3. The summed E-state index contributed by atoms with van der Waals surface area (Å²) in [4.78, 5) is 0. The van der Waals surface area contributed by atoms with Gasteiger partial charge in [-0.25, -0.2) is 0 Å². The number of hydrogen-bond donors (Lipinski definition) is 2. The Balaban J connectivity index is 2.33. The van der Waals surface area contributed by atoms with Crippen molar-refractivity contribution >= 4 is 0 Å². The number of nitrogens with one attached hydrogen (secondary N) is 1. The average Bonchev–Trinajstić information content (AvgIpc) is 2.20. The molecule has 0 aromatic heterocycles. The first-order valence-electron chi connectivity index (χ1n) is 5.30. The Morgan fingerprint density at radius 1 is 1.31 bits per heavy atom. The standard InChI is InChI=1S/C11H21NO/c1-2-3-9-12-11(10-13)7-5-4-6-8-11/h2,12-13H,1,3-10H2. The molecular formula is C11H21NO. The fourth-order valence-electron chi connectivity index (χ4n) is 2.06. The van der Waals surface area contributed by atoms with E-state index in [1.807, 2.05) is 6.08 Å². The summed E-state index contributed by atoms with van der Waals surface area (Å²) in [6, 6.07) is 0. The van der Waals surface area contributed by atoms with E-state index in [2.05, 4.69) is 11.9 Å². The second-order valence-electron chi connectivity index (χ2n) is 4.00. The van der Waals surface area contributed by atoms with Crippen molar-refractivity contribution in [2.24, 2.45) is 0 Å². The van der Waals surface area contributed by atoms with E-state index in [9.17, 15) is 5.11 Å². The lowest BCUT2D eigenvalue weighted by atomic mass is 9.82. The molecule has 2 heteroatoms. The van der Waals surface area contributed by atoms with E-state index in [1.54, 1.807) is 0 Å². The smallest absolute Gasteiger partial charge is 0.0613 e. The Labute approximate surface area is 81.0 Å². The Morgan fingerprint density at radius 3 is 2.54 bits per heavy atom. The molecule has 1 saturated carbocycles. The van der Waals surface area contributed by atoms with Crippen LogP contribution in [-0.4, -0.2) is 23.8 Å². The van der Waals surface area contributed by atoms with Crippen molar-refractivity contribution < 1.29 is 5.11 Å². The van der Waals surface area contributed by atoms with E-state index < -0.39 is 0 Å². The predicted molar refractivity (Wildman–Crippen MR) is 55.7 cm³/mol. The molecule has 0 aromatic carbocycles. The number of aliphatic hydroxyl groups excluding tert-OH is 1. The van der Waals surface area contributed by atoms with Gasteiger partial charge in [-0.05, 0) is 25.8 Å². The molecule has 0 atom stereocenters. The van der Waals surface area contributed by atoms with Crippen LogP contribution in [0.5, 0.6) is 0 Å². The zero-order valence-electron chi connectivity index (χ0n) is 8.39. The number of hydrogen-bond acceptors (Lipinski definition) is 2. The van der Waals surface area contributed by atoms with Crippen LogP contribution in [0.1, 0.15) is 38.5 Å². The molecule has 0 aromatic rings. The van der Waals surface area contributed by atoms with Crippen LogP contribution in [0, 0.1) is 0 Å². The minimum atomic E-state index is 0.0290. The largest absolute Gasteiger partial charge is 0.394 e. The minimum absolute atomic E-state index is 0.0290. The van der Waals surface area contributed by atoms with Crippen LogP contribution in [-0.2, 0) is 0 Å². The summed E-state index contributed by atoms with van der Waals surface area (Å²) in [6.07, 6.45) is 8.98. The number of aliphatic hydroxyl groups is 1. The fourth-order valence-corrected chi connectivity index (χ4v) is 2.06. The molecule has 13 heavy (non-hydrogen) atoms. The summed E-state index contributed by atoms with van der Waals surface area (Å²) in [7, 11) is 0. The van der Waals surface area contributed by atoms with Gasteiger partial charge >= 0.3 is 0 Å². The van der Waals surface area contributed by atoms with Gasteiger partial charge < -0.3 is 10.4 Å². The van der Waals surface area contributed by atoms with Crippen molar-refractivity contribution in [2.75, 3.05) is 13.2 Å². The molecular weight excluding hydrogens is 162 g/mol. The van der Waals surface area contributed by atoms with E-state index in [0.717, 1.165) is 25.8 Å². The van der Waals surface area contributed by atoms with Crippen molar-refractivity contribution in [1.82, 2.24) is 5.32 Å². The molecule has 0 amide bonds. The summed E-state index contributed by atoms with van der Waals surface area (Å²) in [5.74, 6) is 0. The molecule has 0 spiro atoms. The lowest BCUT2D eigenvalue weighted by molar-refractivity contribution is 0.122. The van der Waals surface area contributed by atoms with E-state index >= 15 is 0 Å². The zero-order chi connectivity index (χ0) is 9.57. The van der Waals surface area contributed by atoms with E-state index in [0.29, 0.717) is 0 Å². The maximum absolute atomic E-state index is 9.35. The third kappa shape index (κ3) is 3.12. The molecule has 0 radical (unpaired) electrons. The molecule has 0 unspecified atom stereocenters. The molecule has 2 N–H and O–H groups in total. The Bertz CT molecular complexity index is 150. The van der Waals surface area contributed by atoms with Crippen LogP contribution >= 0.6 is 0 Å². The highest BCUT2D eigenvalue weighted by Crippen LogP contribution is 2.27. The third-order valence-electron chi connectivity index (χ3n) is 2.96. The van der Waals surface area contributed by atoms with Crippen molar-refractivity contribution in [3.05, 3.63) is 12.7 Å². The Kier molecular flexibility index (Phi) is 4.46. The van der Waals surface area contributed by atoms with Crippen LogP contribution in [0.2, 0.25) is 0 Å². The van der Waals surface area contributed by atoms with Gasteiger partial charge in [-0.3, -0.25) is 0 Å². The maximum atomic E-state index is 9.35. The second kappa shape index (κ2) is 5.40. The molecule has 0 saturated heterocycles. The van der Waals surface area contributed by atoms with Crippen LogP contribution in [0.15, 0.2) is 12.7 Å². The maximum Gasteiger partial charge on any atom is 0.0613 e. The predicted octanol–water partition coefficient (Wildman–Crippen LogP) is 1.85. The fraction of sp³-hybridized carbons (Fsp3) is 0.818. The van der Waals surface area contributed by atoms with E-state index in [1.165, 1.54) is 19.3 Å². The van der Waals surface area contributed by atoms with Crippen molar-refractivity contribution in [2.45, 2.75) is 44.1 Å². The highest BCUT2D eigenvalue weighted by atomic mass is 16.3. The summed E-state index contributed by atoms with van der Waals surface area (Å²) in [5.41, 5.74) is 0.0290. The van der Waals surface area contributed by atoms with E-state index in [4.69, 9.17) is 0 Å². The average molecular weight is 183 g/mol. The molecule has 1 aliphatic carbocycles. The summed E-state index contributed by atoms with van der Waals surface area (Å²) >= 11 is 0. The first kappa shape index (κ1) is 10.7. The summed E-state index contributed by atoms with van der Waals surface area (Å²) in [5, 5.41) is 12.8. The SMILES string of the molecule is C=CCCNC1(CO)CCCCC1. The van der Waals surface area contributed by atoms with E-state index in [-0.39, 0.29) is 12.1 Å². The van der Waals surface area contributed by atoms with Gasteiger partial charge in [-0.15, -0.1) is 6.58 Å². The minimum Gasteiger partial charge on any atom is -0.394 e. The van der Waals surface area contributed by atoms with Gasteiger partial charge in [0, 0.05) is 5.54 Å². The quantitative estimate of drug-likeness (QED) is 0.503. The highest BCUT2D eigenvalue weighted by Gasteiger charge is 2.29. The molecule has 0 heterocycles. The van der Waals surface area contributed by atoms with Gasteiger partial charge in [-0.1, -0.05) is 25.3 Å². The monoisotopic (exact) mass is 183 g/mol. The molecule has 0 aliphatic heterocycles. The highest BCUT2D eigenvalue weighted by molar-refractivity contribution is 4.90. The number of rotatable bonds is 5. The molecule has 1 aliphatic rings. The van der Waals surface area contributed by atoms with Gasteiger partial charge in [0.2, 0.25) is 0 Å². The molecule has 76 valence electrons. The molecule has 0 bridgehead atoms. The zero-order valence-corrected chi connectivity index (χ0v) is 8.39.